The van der Waals surface area contributed by atoms with Gasteiger partial charge in [0, 0.05) is 17.9 Å². The average Bonchev–Trinajstić information content (AvgIpc) is 2.93. The number of aromatic nitrogens is 2. The molecule has 2 aromatic rings. The van der Waals surface area contributed by atoms with Crippen LogP contribution in [-0.4, -0.2) is 16.6 Å². The maximum absolute atomic E-state index is 8.82. The second-order valence-electron chi connectivity index (χ2n) is 4.88. The maximum atomic E-state index is 8.82. The molecule has 3 rings (SSSR count). The molecule has 0 saturated carbocycles. The van der Waals surface area contributed by atoms with Gasteiger partial charge in [0.1, 0.15) is 18.2 Å². The van der Waals surface area contributed by atoms with Gasteiger partial charge in [-0.05, 0) is 44.0 Å². The van der Waals surface area contributed by atoms with Gasteiger partial charge in [-0.2, -0.15) is 5.26 Å². The molecule has 1 aromatic carbocycles. The molecule has 106 valence electrons. The van der Waals surface area contributed by atoms with Crippen molar-refractivity contribution in [1.29, 1.82) is 5.26 Å². The van der Waals surface area contributed by atoms with Crippen molar-refractivity contribution >= 4 is 11.5 Å². The van der Waals surface area contributed by atoms with Crippen LogP contribution in [0, 0.1) is 11.3 Å². The lowest BCUT2D eigenvalue weighted by atomic mass is 10.2. The molecule has 0 spiro atoms. The van der Waals surface area contributed by atoms with Crippen LogP contribution in [0.2, 0.25) is 0 Å². The highest BCUT2D eigenvalue weighted by Gasteiger charge is 2.27. The van der Waals surface area contributed by atoms with E-state index < -0.39 is 0 Å². The minimum Gasteiger partial charge on any atom is -0.372 e. The van der Waals surface area contributed by atoms with Crippen LogP contribution in [0.1, 0.15) is 36.3 Å². The molecule has 0 fully saturated rings. The summed E-state index contributed by atoms with van der Waals surface area (Å²) in [5, 5.41) is 12.1. The summed E-state index contributed by atoms with van der Waals surface area (Å²) in [6.45, 7) is 2.68. The van der Waals surface area contributed by atoms with Crippen LogP contribution in [0.4, 0.5) is 11.5 Å². The van der Waals surface area contributed by atoms with Crippen LogP contribution in [0.15, 0.2) is 30.6 Å². The summed E-state index contributed by atoms with van der Waals surface area (Å²) in [5.74, 6) is 0.826. The van der Waals surface area contributed by atoms with E-state index in [2.05, 4.69) is 21.4 Å². The summed E-state index contributed by atoms with van der Waals surface area (Å²) in [6.07, 6.45) is 3.51. The molecular formula is C16H16N4O. The van der Waals surface area contributed by atoms with Gasteiger partial charge in [-0.1, -0.05) is 0 Å². The van der Waals surface area contributed by atoms with Crippen molar-refractivity contribution in [3.05, 3.63) is 47.4 Å². The minimum atomic E-state index is 0.0783. The fourth-order valence-corrected chi connectivity index (χ4v) is 2.60. The molecule has 0 saturated heterocycles. The first-order valence-electron chi connectivity index (χ1n) is 7.04. The first-order chi connectivity index (χ1) is 10.3. The summed E-state index contributed by atoms with van der Waals surface area (Å²) in [6, 6.07) is 9.43. The topological polar surface area (TPSA) is 70.8 Å². The summed E-state index contributed by atoms with van der Waals surface area (Å²) < 4.78 is 5.71. The number of hydrogen-bond donors (Lipinski definition) is 1. The summed E-state index contributed by atoms with van der Waals surface area (Å²) in [4.78, 5) is 8.71. The number of ether oxygens (including phenoxy) is 1. The van der Waals surface area contributed by atoms with E-state index in [1.807, 2.05) is 19.1 Å². The van der Waals surface area contributed by atoms with Crippen molar-refractivity contribution in [1.82, 2.24) is 9.97 Å². The summed E-state index contributed by atoms with van der Waals surface area (Å²) >= 11 is 0. The normalized spacial score (nSPS) is 16.3. The number of rotatable bonds is 4. The maximum Gasteiger partial charge on any atom is 0.137 e. The number of nitriles is 1. The molecule has 1 heterocycles. The molecule has 0 bridgehead atoms. The van der Waals surface area contributed by atoms with Gasteiger partial charge in [-0.25, -0.2) is 9.97 Å². The van der Waals surface area contributed by atoms with E-state index in [0.29, 0.717) is 12.2 Å². The Hall–Kier alpha value is -2.45. The second-order valence-corrected chi connectivity index (χ2v) is 4.88. The Kier molecular flexibility index (Phi) is 3.80. The van der Waals surface area contributed by atoms with Crippen molar-refractivity contribution in [3.63, 3.8) is 0 Å². The SMILES string of the molecule is CCOC1CCc2c(Nc3ccc(C#N)cc3)ncnc21. The van der Waals surface area contributed by atoms with E-state index in [1.54, 1.807) is 18.5 Å². The van der Waals surface area contributed by atoms with Gasteiger partial charge in [0.05, 0.1) is 17.3 Å². The zero-order chi connectivity index (χ0) is 14.7. The Labute approximate surface area is 123 Å². The largest absolute Gasteiger partial charge is 0.372 e. The highest BCUT2D eigenvalue weighted by atomic mass is 16.5. The first-order valence-corrected chi connectivity index (χ1v) is 7.04. The molecule has 1 aliphatic carbocycles. The number of anilines is 2. The Morgan fingerprint density at radius 3 is 2.86 bits per heavy atom. The molecule has 21 heavy (non-hydrogen) atoms. The first kappa shape index (κ1) is 13.5. The molecule has 0 amide bonds. The predicted molar refractivity (Wildman–Crippen MR) is 79.2 cm³/mol. The number of nitrogens with one attached hydrogen (secondary N) is 1. The van der Waals surface area contributed by atoms with Crippen LogP contribution < -0.4 is 5.32 Å². The van der Waals surface area contributed by atoms with Gasteiger partial charge in [0.2, 0.25) is 0 Å². The van der Waals surface area contributed by atoms with Gasteiger partial charge >= 0.3 is 0 Å². The van der Waals surface area contributed by atoms with E-state index in [-0.39, 0.29) is 6.10 Å². The molecule has 0 radical (unpaired) electrons. The third kappa shape index (κ3) is 2.71. The molecule has 5 heteroatoms. The summed E-state index contributed by atoms with van der Waals surface area (Å²) in [5.41, 5.74) is 3.67. The molecule has 0 aliphatic heterocycles. The Bertz CT molecular complexity index is 676. The van der Waals surface area contributed by atoms with Gasteiger partial charge in [0.25, 0.3) is 0 Å². The van der Waals surface area contributed by atoms with E-state index >= 15 is 0 Å². The van der Waals surface area contributed by atoms with Gasteiger partial charge < -0.3 is 10.1 Å². The Morgan fingerprint density at radius 1 is 1.33 bits per heavy atom. The van der Waals surface area contributed by atoms with Gasteiger partial charge in [-0.3, -0.25) is 0 Å². The van der Waals surface area contributed by atoms with E-state index in [4.69, 9.17) is 10.00 Å². The Balaban J connectivity index is 1.85. The number of hydrogen-bond acceptors (Lipinski definition) is 5. The zero-order valence-electron chi connectivity index (χ0n) is 11.8. The molecular weight excluding hydrogens is 264 g/mol. The monoisotopic (exact) mass is 280 g/mol. The van der Waals surface area contributed by atoms with Crippen LogP contribution in [-0.2, 0) is 11.2 Å². The molecule has 1 N–H and O–H groups in total. The zero-order valence-corrected chi connectivity index (χ0v) is 11.8. The number of nitrogens with zero attached hydrogens (tertiary/aromatic N) is 3. The Morgan fingerprint density at radius 2 is 2.14 bits per heavy atom. The lowest BCUT2D eigenvalue weighted by Gasteiger charge is -2.12. The highest BCUT2D eigenvalue weighted by molar-refractivity contribution is 5.61. The van der Waals surface area contributed by atoms with E-state index in [0.717, 1.165) is 35.6 Å². The smallest absolute Gasteiger partial charge is 0.137 e. The third-order valence-corrected chi connectivity index (χ3v) is 3.58. The fraction of sp³-hybridized carbons (Fsp3) is 0.312. The molecule has 1 aromatic heterocycles. The third-order valence-electron chi connectivity index (χ3n) is 3.58. The summed E-state index contributed by atoms with van der Waals surface area (Å²) in [7, 11) is 0. The molecule has 1 unspecified atom stereocenters. The minimum absolute atomic E-state index is 0.0783. The van der Waals surface area contributed by atoms with Crippen LogP contribution >= 0.6 is 0 Å². The highest BCUT2D eigenvalue weighted by Crippen LogP contribution is 2.36. The molecule has 1 atom stereocenters. The standard InChI is InChI=1S/C16H16N4O/c1-2-21-14-8-7-13-15(14)18-10-19-16(13)20-12-5-3-11(9-17)4-6-12/h3-6,10,14H,2,7-8H2,1H3,(H,18,19,20). The number of fused-ring (bicyclic) bond motifs is 1. The van der Waals surface area contributed by atoms with Crippen LogP contribution in [0.3, 0.4) is 0 Å². The second kappa shape index (κ2) is 5.90. The quantitative estimate of drug-likeness (QED) is 0.931. The fourth-order valence-electron chi connectivity index (χ4n) is 2.60. The molecule has 5 nitrogen and oxygen atoms in total. The van der Waals surface area contributed by atoms with Gasteiger partial charge in [0.15, 0.2) is 0 Å². The number of benzene rings is 1. The molecule has 1 aliphatic rings. The van der Waals surface area contributed by atoms with E-state index in [9.17, 15) is 0 Å². The average molecular weight is 280 g/mol. The van der Waals surface area contributed by atoms with Crippen molar-refractivity contribution < 1.29 is 4.74 Å². The van der Waals surface area contributed by atoms with E-state index in [1.165, 1.54) is 0 Å². The lowest BCUT2D eigenvalue weighted by molar-refractivity contribution is 0.0613. The predicted octanol–water partition coefficient (Wildman–Crippen LogP) is 3.12. The van der Waals surface area contributed by atoms with Crippen molar-refractivity contribution in [2.24, 2.45) is 0 Å². The van der Waals surface area contributed by atoms with Crippen LogP contribution in [0.5, 0.6) is 0 Å². The van der Waals surface area contributed by atoms with Crippen molar-refractivity contribution in [2.75, 3.05) is 11.9 Å². The van der Waals surface area contributed by atoms with Crippen molar-refractivity contribution in [3.8, 4) is 6.07 Å². The van der Waals surface area contributed by atoms with Gasteiger partial charge in [-0.15, -0.1) is 0 Å². The van der Waals surface area contributed by atoms with Crippen LogP contribution in [0.25, 0.3) is 0 Å². The lowest BCUT2D eigenvalue weighted by Crippen LogP contribution is -2.04. The van der Waals surface area contributed by atoms with Crippen molar-refractivity contribution in [2.45, 2.75) is 25.9 Å².